The van der Waals surface area contributed by atoms with Crippen LogP contribution in [0, 0.1) is 6.92 Å². The van der Waals surface area contributed by atoms with Gasteiger partial charge in [-0.1, -0.05) is 6.07 Å². The normalized spacial score (nSPS) is 10.2. The maximum atomic E-state index is 11.0. The van der Waals surface area contributed by atoms with Gasteiger partial charge in [0, 0.05) is 31.2 Å². The van der Waals surface area contributed by atoms with Crippen LogP contribution in [0.1, 0.15) is 15.9 Å². The number of hydrogen-bond acceptors (Lipinski definition) is 3. The predicted octanol–water partition coefficient (Wildman–Crippen LogP) is 3.50. The van der Waals surface area contributed by atoms with Crippen LogP contribution in [0.2, 0.25) is 0 Å². The molecule has 104 valence electrons. The molecule has 0 aromatic heterocycles. The van der Waals surface area contributed by atoms with E-state index in [2.05, 4.69) is 5.32 Å². The van der Waals surface area contributed by atoms with Gasteiger partial charge >= 0.3 is 5.97 Å². The number of carbonyl (C=O) groups is 1. The molecule has 4 nitrogen and oxygen atoms in total. The molecule has 0 fully saturated rings. The lowest BCUT2D eigenvalue weighted by Crippen LogP contribution is -2.08. The first-order chi connectivity index (χ1) is 9.47. The number of aryl methyl sites for hydroxylation is 1. The number of nitrogens with one attached hydrogen (secondary N) is 1. The van der Waals surface area contributed by atoms with E-state index in [1.807, 2.05) is 49.3 Å². The molecule has 0 unspecified atom stereocenters. The molecule has 2 aromatic rings. The summed E-state index contributed by atoms with van der Waals surface area (Å²) in [7, 11) is 3.98. The average molecular weight is 270 g/mol. The standard InChI is InChI=1S/C16H18N2O2/c1-11-9-13(7-8-15(11)16(19)20)17-12-5-4-6-14(10-12)18(2)3/h4-10,17H,1-3H3,(H,19,20). The molecule has 0 spiro atoms. The van der Waals surface area contributed by atoms with Crippen LogP contribution in [0.3, 0.4) is 0 Å². The van der Waals surface area contributed by atoms with Crippen molar-refractivity contribution >= 4 is 23.0 Å². The van der Waals surface area contributed by atoms with Crippen molar-refractivity contribution < 1.29 is 9.90 Å². The number of hydrogen-bond donors (Lipinski definition) is 2. The third-order valence-corrected chi connectivity index (χ3v) is 3.11. The summed E-state index contributed by atoms with van der Waals surface area (Å²) >= 11 is 0. The SMILES string of the molecule is Cc1cc(Nc2cccc(N(C)C)c2)ccc1C(=O)O. The molecule has 0 radical (unpaired) electrons. The lowest BCUT2D eigenvalue weighted by molar-refractivity contribution is 0.0696. The van der Waals surface area contributed by atoms with Crippen LogP contribution in [0.15, 0.2) is 42.5 Å². The molecule has 20 heavy (non-hydrogen) atoms. The van der Waals surface area contributed by atoms with E-state index in [4.69, 9.17) is 5.11 Å². The fourth-order valence-electron chi connectivity index (χ4n) is 2.01. The van der Waals surface area contributed by atoms with Crippen LogP contribution in [-0.4, -0.2) is 25.2 Å². The van der Waals surface area contributed by atoms with Crippen molar-refractivity contribution in [3.05, 3.63) is 53.6 Å². The van der Waals surface area contributed by atoms with Crippen molar-refractivity contribution in [2.45, 2.75) is 6.92 Å². The minimum atomic E-state index is -0.899. The molecule has 0 aliphatic carbocycles. The number of carboxylic acid groups (broad SMARTS) is 1. The van der Waals surface area contributed by atoms with Gasteiger partial charge in [0.1, 0.15) is 0 Å². The number of aromatic carboxylic acids is 1. The van der Waals surface area contributed by atoms with Gasteiger partial charge < -0.3 is 15.3 Å². The van der Waals surface area contributed by atoms with Crippen LogP contribution in [0.4, 0.5) is 17.1 Å². The van der Waals surface area contributed by atoms with Crippen LogP contribution in [0.25, 0.3) is 0 Å². The van der Waals surface area contributed by atoms with Gasteiger partial charge in [-0.3, -0.25) is 0 Å². The van der Waals surface area contributed by atoms with E-state index in [9.17, 15) is 4.79 Å². The topological polar surface area (TPSA) is 52.6 Å². The largest absolute Gasteiger partial charge is 0.478 e. The Morgan fingerprint density at radius 1 is 1.10 bits per heavy atom. The van der Waals surface area contributed by atoms with Crippen LogP contribution in [0.5, 0.6) is 0 Å². The Morgan fingerprint density at radius 3 is 2.40 bits per heavy atom. The molecule has 0 aliphatic rings. The minimum Gasteiger partial charge on any atom is -0.478 e. The Kier molecular flexibility index (Phi) is 3.94. The lowest BCUT2D eigenvalue weighted by Gasteiger charge is -2.15. The minimum absolute atomic E-state index is 0.331. The van der Waals surface area contributed by atoms with E-state index in [-0.39, 0.29) is 0 Å². The molecule has 2 aromatic carbocycles. The number of benzene rings is 2. The Balaban J connectivity index is 2.24. The van der Waals surface area contributed by atoms with Crippen LogP contribution >= 0.6 is 0 Å². The van der Waals surface area contributed by atoms with Crippen molar-refractivity contribution in [2.75, 3.05) is 24.3 Å². The van der Waals surface area contributed by atoms with Gasteiger partial charge in [-0.2, -0.15) is 0 Å². The van der Waals surface area contributed by atoms with E-state index in [0.717, 1.165) is 22.6 Å². The monoisotopic (exact) mass is 270 g/mol. The third-order valence-electron chi connectivity index (χ3n) is 3.11. The van der Waals surface area contributed by atoms with Crippen molar-refractivity contribution in [3.8, 4) is 0 Å². The number of nitrogens with zero attached hydrogens (tertiary/aromatic N) is 1. The molecule has 0 heterocycles. The first kappa shape index (κ1) is 13.9. The number of anilines is 3. The highest BCUT2D eigenvalue weighted by atomic mass is 16.4. The van der Waals surface area contributed by atoms with Crippen molar-refractivity contribution in [3.63, 3.8) is 0 Å². The van der Waals surface area contributed by atoms with Crippen molar-refractivity contribution in [1.29, 1.82) is 0 Å². The summed E-state index contributed by atoms with van der Waals surface area (Å²) in [6, 6.07) is 13.3. The second-order valence-electron chi connectivity index (χ2n) is 4.90. The van der Waals surface area contributed by atoms with E-state index in [1.165, 1.54) is 0 Å². The molecule has 4 heteroatoms. The maximum Gasteiger partial charge on any atom is 0.335 e. The highest BCUT2D eigenvalue weighted by Gasteiger charge is 2.07. The highest BCUT2D eigenvalue weighted by Crippen LogP contribution is 2.23. The Labute approximate surface area is 118 Å². The fourth-order valence-corrected chi connectivity index (χ4v) is 2.01. The molecule has 0 amide bonds. The average Bonchev–Trinajstić information content (AvgIpc) is 2.38. The van der Waals surface area contributed by atoms with Crippen LogP contribution < -0.4 is 10.2 Å². The summed E-state index contributed by atoms with van der Waals surface area (Å²) in [6.45, 7) is 1.80. The Bertz CT molecular complexity index is 636. The molecular formula is C16H18N2O2. The third kappa shape index (κ3) is 3.09. The van der Waals surface area contributed by atoms with E-state index in [0.29, 0.717) is 5.56 Å². The quantitative estimate of drug-likeness (QED) is 0.892. The maximum absolute atomic E-state index is 11.0. The second-order valence-corrected chi connectivity index (χ2v) is 4.90. The molecule has 2 N–H and O–H groups in total. The van der Waals surface area contributed by atoms with Crippen LogP contribution in [-0.2, 0) is 0 Å². The molecule has 0 atom stereocenters. The predicted molar refractivity (Wildman–Crippen MR) is 82.2 cm³/mol. The first-order valence-electron chi connectivity index (χ1n) is 6.36. The van der Waals surface area contributed by atoms with Crippen molar-refractivity contribution in [1.82, 2.24) is 0 Å². The molecular weight excluding hydrogens is 252 g/mol. The Hall–Kier alpha value is -2.49. The number of carboxylic acids is 1. The summed E-state index contributed by atoms with van der Waals surface area (Å²) in [5.41, 5.74) is 4.03. The van der Waals surface area contributed by atoms with Gasteiger partial charge in [0.25, 0.3) is 0 Å². The highest BCUT2D eigenvalue weighted by molar-refractivity contribution is 5.90. The van der Waals surface area contributed by atoms with Gasteiger partial charge in [0.15, 0.2) is 0 Å². The van der Waals surface area contributed by atoms with Gasteiger partial charge in [0.2, 0.25) is 0 Å². The molecule has 0 aliphatic heterocycles. The smallest absolute Gasteiger partial charge is 0.335 e. The van der Waals surface area contributed by atoms with Gasteiger partial charge in [0.05, 0.1) is 5.56 Å². The number of rotatable bonds is 4. The Morgan fingerprint density at radius 2 is 1.80 bits per heavy atom. The first-order valence-corrected chi connectivity index (χ1v) is 6.36. The summed E-state index contributed by atoms with van der Waals surface area (Å²) in [4.78, 5) is 13.0. The fraction of sp³-hybridized carbons (Fsp3) is 0.188. The zero-order valence-electron chi connectivity index (χ0n) is 11.8. The van der Waals surface area contributed by atoms with Crippen molar-refractivity contribution in [2.24, 2.45) is 0 Å². The van der Waals surface area contributed by atoms with E-state index in [1.54, 1.807) is 19.1 Å². The summed E-state index contributed by atoms with van der Waals surface area (Å²) in [6.07, 6.45) is 0. The van der Waals surface area contributed by atoms with Gasteiger partial charge in [-0.05, 0) is 48.9 Å². The molecule has 0 saturated heterocycles. The summed E-state index contributed by atoms with van der Waals surface area (Å²) < 4.78 is 0. The van der Waals surface area contributed by atoms with E-state index >= 15 is 0 Å². The van der Waals surface area contributed by atoms with E-state index < -0.39 is 5.97 Å². The van der Waals surface area contributed by atoms with Gasteiger partial charge in [-0.25, -0.2) is 4.79 Å². The summed E-state index contributed by atoms with van der Waals surface area (Å²) in [5.74, 6) is -0.899. The molecule has 2 rings (SSSR count). The summed E-state index contributed by atoms with van der Waals surface area (Å²) in [5, 5.41) is 12.3. The van der Waals surface area contributed by atoms with Gasteiger partial charge in [-0.15, -0.1) is 0 Å². The molecule has 0 bridgehead atoms. The molecule has 0 saturated carbocycles. The zero-order valence-corrected chi connectivity index (χ0v) is 11.8. The zero-order chi connectivity index (χ0) is 14.7. The lowest BCUT2D eigenvalue weighted by atomic mass is 10.1. The second kappa shape index (κ2) is 5.65.